The molecule has 134 valence electrons. The molecule has 1 aromatic heterocycles. The third-order valence-corrected chi connectivity index (χ3v) is 4.13. The standard InChI is InChI=1S/C19H17ClFN3O2/c20-16-4-2-1-3-15(16)19-23-18(26-24-19)10-9-17(25)22-12-11-13-5-7-14(21)8-6-13/h1-8H,9-12H2,(H,22,25). The van der Waals surface area contributed by atoms with E-state index in [0.717, 1.165) is 5.56 Å². The SMILES string of the molecule is O=C(CCc1nc(-c2ccccc2Cl)no1)NCCc1ccc(F)cc1. The summed E-state index contributed by atoms with van der Waals surface area (Å²) in [5, 5.41) is 7.26. The van der Waals surface area contributed by atoms with Crippen LogP contribution in [0.5, 0.6) is 0 Å². The van der Waals surface area contributed by atoms with Crippen LogP contribution in [0, 0.1) is 5.82 Å². The Balaban J connectivity index is 1.45. The Kier molecular flexibility index (Phi) is 5.96. The van der Waals surface area contributed by atoms with Gasteiger partial charge in [-0.25, -0.2) is 4.39 Å². The van der Waals surface area contributed by atoms with Gasteiger partial charge in [0.05, 0.1) is 5.02 Å². The van der Waals surface area contributed by atoms with Crippen LogP contribution in [0.2, 0.25) is 5.02 Å². The summed E-state index contributed by atoms with van der Waals surface area (Å²) in [4.78, 5) is 16.2. The van der Waals surface area contributed by atoms with Crippen molar-refractivity contribution in [1.82, 2.24) is 15.5 Å². The van der Waals surface area contributed by atoms with Gasteiger partial charge < -0.3 is 9.84 Å². The minimum Gasteiger partial charge on any atom is -0.356 e. The van der Waals surface area contributed by atoms with Crippen molar-refractivity contribution in [3.63, 3.8) is 0 Å². The maximum Gasteiger partial charge on any atom is 0.227 e. The predicted molar refractivity (Wildman–Crippen MR) is 96.2 cm³/mol. The summed E-state index contributed by atoms with van der Waals surface area (Å²) in [7, 11) is 0. The van der Waals surface area contributed by atoms with Gasteiger partial charge in [-0.2, -0.15) is 4.98 Å². The Morgan fingerprint density at radius 1 is 1.12 bits per heavy atom. The number of amides is 1. The Morgan fingerprint density at radius 3 is 2.65 bits per heavy atom. The molecule has 0 saturated carbocycles. The summed E-state index contributed by atoms with van der Waals surface area (Å²) < 4.78 is 18.0. The van der Waals surface area contributed by atoms with Crippen molar-refractivity contribution in [2.24, 2.45) is 0 Å². The lowest BCUT2D eigenvalue weighted by atomic mass is 10.1. The van der Waals surface area contributed by atoms with E-state index in [9.17, 15) is 9.18 Å². The Hall–Kier alpha value is -2.73. The van der Waals surface area contributed by atoms with E-state index < -0.39 is 0 Å². The number of hydrogen-bond donors (Lipinski definition) is 1. The van der Waals surface area contributed by atoms with Crippen LogP contribution in [0.15, 0.2) is 53.1 Å². The maximum atomic E-state index is 12.8. The smallest absolute Gasteiger partial charge is 0.227 e. The van der Waals surface area contributed by atoms with E-state index in [0.29, 0.717) is 41.7 Å². The van der Waals surface area contributed by atoms with Crippen LogP contribution in [-0.2, 0) is 17.6 Å². The van der Waals surface area contributed by atoms with Crippen molar-refractivity contribution < 1.29 is 13.7 Å². The molecule has 0 spiro atoms. The number of hydrogen-bond acceptors (Lipinski definition) is 4. The molecule has 5 nitrogen and oxygen atoms in total. The number of aryl methyl sites for hydroxylation is 1. The Labute approximate surface area is 155 Å². The average Bonchev–Trinajstić information content (AvgIpc) is 3.11. The van der Waals surface area contributed by atoms with Gasteiger partial charge in [0.1, 0.15) is 5.82 Å². The third kappa shape index (κ3) is 4.89. The van der Waals surface area contributed by atoms with Crippen LogP contribution in [0.4, 0.5) is 4.39 Å². The summed E-state index contributed by atoms with van der Waals surface area (Å²) in [6.07, 6.45) is 1.23. The first-order valence-electron chi connectivity index (χ1n) is 8.20. The molecule has 0 aliphatic heterocycles. The van der Waals surface area contributed by atoms with Crippen molar-refractivity contribution in [2.45, 2.75) is 19.3 Å². The van der Waals surface area contributed by atoms with E-state index in [2.05, 4.69) is 15.5 Å². The van der Waals surface area contributed by atoms with Gasteiger partial charge >= 0.3 is 0 Å². The molecule has 3 aromatic rings. The molecule has 0 fully saturated rings. The quantitative estimate of drug-likeness (QED) is 0.683. The second-order valence-corrected chi connectivity index (χ2v) is 6.13. The molecule has 0 radical (unpaired) electrons. The minimum atomic E-state index is -0.270. The molecular formula is C19H17ClFN3O2. The number of benzene rings is 2. The molecule has 3 rings (SSSR count). The highest BCUT2D eigenvalue weighted by molar-refractivity contribution is 6.33. The van der Waals surface area contributed by atoms with Gasteiger partial charge in [-0.1, -0.05) is 41.0 Å². The Morgan fingerprint density at radius 2 is 1.88 bits per heavy atom. The summed E-state index contributed by atoms with van der Waals surface area (Å²) in [5.41, 5.74) is 1.65. The zero-order valence-electron chi connectivity index (χ0n) is 13.9. The van der Waals surface area contributed by atoms with Crippen molar-refractivity contribution in [3.05, 3.63) is 70.8 Å². The molecule has 0 aliphatic carbocycles. The number of aromatic nitrogens is 2. The zero-order chi connectivity index (χ0) is 18.4. The summed E-state index contributed by atoms with van der Waals surface area (Å²) >= 11 is 6.11. The van der Waals surface area contributed by atoms with Crippen LogP contribution in [0.1, 0.15) is 17.9 Å². The minimum absolute atomic E-state index is 0.107. The predicted octanol–water partition coefficient (Wildman–Crippen LogP) is 3.82. The number of carbonyl (C=O) groups excluding carboxylic acids is 1. The van der Waals surface area contributed by atoms with E-state index in [4.69, 9.17) is 16.1 Å². The summed E-state index contributed by atoms with van der Waals surface area (Å²) in [5.74, 6) is 0.411. The highest BCUT2D eigenvalue weighted by atomic mass is 35.5. The average molecular weight is 374 g/mol. The molecule has 26 heavy (non-hydrogen) atoms. The lowest BCUT2D eigenvalue weighted by Crippen LogP contribution is -2.25. The fourth-order valence-electron chi connectivity index (χ4n) is 2.41. The number of nitrogens with one attached hydrogen (secondary N) is 1. The fraction of sp³-hybridized carbons (Fsp3) is 0.211. The van der Waals surface area contributed by atoms with Crippen molar-refractivity contribution in [2.75, 3.05) is 6.54 Å². The van der Waals surface area contributed by atoms with Crippen LogP contribution in [0.3, 0.4) is 0 Å². The van der Waals surface area contributed by atoms with Crippen LogP contribution < -0.4 is 5.32 Å². The first-order valence-corrected chi connectivity index (χ1v) is 8.58. The van der Waals surface area contributed by atoms with E-state index in [-0.39, 0.29) is 18.1 Å². The first kappa shape index (κ1) is 18.1. The summed E-state index contributed by atoms with van der Waals surface area (Å²) in [6.45, 7) is 0.485. The van der Waals surface area contributed by atoms with Crippen LogP contribution >= 0.6 is 11.6 Å². The lowest BCUT2D eigenvalue weighted by Gasteiger charge is -2.04. The molecule has 1 N–H and O–H groups in total. The highest BCUT2D eigenvalue weighted by Gasteiger charge is 2.12. The number of carbonyl (C=O) groups is 1. The van der Waals surface area contributed by atoms with Gasteiger partial charge in [-0.15, -0.1) is 0 Å². The van der Waals surface area contributed by atoms with Crippen molar-refractivity contribution >= 4 is 17.5 Å². The van der Waals surface area contributed by atoms with Gasteiger partial charge in [0.15, 0.2) is 0 Å². The van der Waals surface area contributed by atoms with Gasteiger partial charge in [-0.3, -0.25) is 4.79 Å². The van der Waals surface area contributed by atoms with Gasteiger partial charge in [-0.05, 0) is 36.2 Å². The van der Waals surface area contributed by atoms with E-state index in [1.807, 2.05) is 12.1 Å². The molecule has 2 aromatic carbocycles. The topological polar surface area (TPSA) is 68.0 Å². The summed E-state index contributed by atoms with van der Waals surface area (Å²) in [6, 6.07) is 13.4. The van der Waals surface area contributed by atoms with Crippen molar-refractivity contribution in [3.8, 4) is 11.4 Å². The first-order chi connectivity index (χ1) is 12.6. The number of nitrogens with zero attached hydrogens (tertiary/aromatic N) is 2. The second-order valence-electron chi connectivity index (χ2n) is 5.72. The van der Waals surface area contributed by atoms with Crippen LogP contribution in [-0.4, -0.2) is 22.6 Å². The van der Waals surface area contributed by atoms with Gasteiger partial charge in [0, 0.05) is 24.9 Å². The fourth-order valence-corrected chi connectivity index (χ4v) is 2.63. The normalized spacial score (nSPS) is 10.7. The number of halogens is 2. The molecule has 7 heteroatoms. The second kappa shape index (κ2) is 8.58. The van der Waals surface area contributed by atoms with E-state index >= 15 is 0 Å². The zero-order valence-corrected chi connectivity index (χ0v) is 14.7. The molecule has 0 bridgehead atoms. The molecular weight excluding hydrogens is 357 g/mol. The van der Waals surface area contributed by atoms with Crippen molar-refractivity contribution in [1.29, 1.82) is 0 Å². The van der Waals surface area contributed by atoms with Gasteiger partial charge in [0.25, 0.3) is 0 Å². The van der Waals surface area contributed by atoms with Gasteiger partial charge in [0.2, 0.25) is 17.6 Å². The highest BCUT2D eigenvalue weighted by Crippen LogP contribution is 2.24. The molecule has 0 unspecified atom stereocenters. The molecule has 1 heterocycles. The molecule has 0 saturated heterocycles. The number of rotatable bonds is 7. The Bertz CT molecular complexity index is 881. The molecule has 1 amide bonds. The molecule has 0 atom stereocenters. The van der Waals surface area contributed by atoms with Crippen LogP contribution in [0.25, 0.3) is 11.4 Å². The largest absolute Gasteiger partial charge is 0.356 e. The molecule has 0 aliphatic rings. The van der Waals surface area contributed by atoms with E-state index in [1.165, 1.54) is 12.1 Å². The third-order valence-electron chi connectivity index (χ3n) is 3.80. The lowest BCUT2D eigenvalue weighted by molar-refractivity contribution is -0.121. The maximum absolute atomic E-state index is 12.8. The monoisotopic (exact) mass is 373 g/mol. The van der Waals surface area contributed by atoms with E-state index in [1.54, 1.807) is 24.3 Å².